The Bertz CT molecular complexity index is 533. The van der Waals surface area contributed by atoms with Gasteiger partial charge in [0.2, 0.25) is 0 Å². The van der Waals surface area contributed by atoms with Crippen LogP contribution in [0, 0.1) is 12.7 Å². The molecule has 17 heavy (non-hydrogen) atoms. The van der Waals surface area contributed by atoms with Gasteiger partial charge >= 0.3 is 0 Å². The predicted molar refractivity (Wildman–Crippen MR) is 64.5 cm³/mol. The largest absolute Gasteiger partial charge is 0.381 e. The molecule has 90 valence electrons. The molecule has 0 aliphatic heterocycles. The number of anilines is 1. The molecule has 0 aliphatic carbocycles. The molecule has 5 heteroatoms. The van der Waals surface area contributed by atoms with E-state index < -0.39 is 0 Å². The molecule has 0 fully saturated rings. The van der Waals surface area contributed by atoms with Gasteiger partial charge in [-0.25, -0.2) is 9.07 Å². The Balaban J connectivity index is 2.56. The second-order valence-electron chi connectivity index (χ2n) is 3.99. The van der Waals surface area contributed by atoms with E-state index in [0.717, 1.165) is 18.5 Å². The topological polar surface area (TPSA) is 56.7 Å². The quantitative estimate of drug-likeness (QED) is 0.886. The van der Waals surface area contributed by atoms with Crippen molar-refractivity contribution >= 4 is 5.82 Å². The number of hydrogen-bond acceptors (Lipinski definition) is 3. The van der Waals surface area contributed by atoms with Crippen LogP contribution in [0.4, 0.5) is 10.2 Å². The Morgan fingerprint density at radius 2 is 2.18 bits per heavy atom. The molecule has 1 aromatic carbocycles. The Labute approximate surface area is 99.2 Å². The lowest BCUT2D eigenvalue weighted by atomic mass is 10.2. The van der Waals surface area contributed by atoms with Crippen LogP contribution in [0.3, 0.4) is 0 Å². The van der Waals surface area contributed by atoms with Crippen molar-refractivity contribution in [1.29, 1.82) is 0 Å². The summed E-state index contributed by atoms with van der Waals surface area (Å²) >= 11 is 0. The maximum atomic E-state index is 14.0. The summed E-state index contributed by atoms with van der Waals surface area (Å²) in [4.78, 5) is 0. The fraction of sp³-hybridized carbons (Fsp3) is 0.333. The highest BCUT2D eigenvalue weighted by molar-refractivity contribution is 5.43. The van der Waals surface area contributed by atoms with Crippen LogP contribution in [0.2, 0.25) is 0 Å². The molecule has 0 radical (unpaired) electrons. The standard InChI is InChI=1S/C12H15FN4/c1-3-5-10-12(14)15-16-17(10)9-7-4-6-8(2)11(9)13/h4,6-7H,3,5,14H2,1-2H3. The maximum Gasteiger partial charge on any atom is 0.169 e. The lowest BCUT2D eigenvalue weighted by Crippen LogP contribution is -2.06. The van der Waals surface area contributed by atoms with Crippen LogP contribution < -0.4 is 5.73 Å². The summed E-state index contributed by atoms with van der Waals surface area (Å²) in [7, 11) is 0. The minimum Gasteiger partial charge on any atom is -0.381 e. The number of hydrogen-bond donors (Lipinski definition) is 1. The predicted octanol–water partition coefficient (Wildman–Crippen LogP) is 2.25. The first-order chi connectivity index (χ1) is 8.15. The highest BCUT2D eigenvalue weighted by Gasteiger charge is 2.14. The van der Waals surface area contributed by atoms with Crippen LogP contribution >= 0.6 is 0 Å². The number of nitrogens with zero attached hydrogens (tertiary/aromatic N) is 3. The summed E-state index contributed by atoms with van der Waals surface area (Å²) in [6.45, 7) is 3.75. The maximum absolute atomic E-state index is 14.0. The van der Waals surface area contributed by atoms with E-state index in [-0.39, 0.29) is 5.82 Å². The third-order valence-electron chi connectivity index (χ3n) is 2.68. The number of aryl methyl sites for hydroxylation is 1. The van der Waals surface area contributed by atoms with E-state index in [0.29, 0.717) is 17.1 Å². The van der Waals surface area contributed by atoms with Gasteiger partial charge in [0.25, 0.3) is 0 Å². The summed E-state index contributed by atoms with van der Waals surface area (Å²) in [6, 6.07) is 5.19. The molecule has 0 bridgehead atoms. The van der Waals surface area contributed by atoms with E-state index in [1.165, 1.54) is 4.68 Å². The van der Waals surface area contributed by atoms with Crippen LogP contribution in [0.1, 0.15) is 24.6 Å². The van der Waals surface area contributed by atoms with Gasteiger partial charge in [-0.3, -0.25) is 0 Å². The van der Waals surface area contributed by atoms with Crippen molar-refractivity contribution in [3.05, 3.63) is 35.3 Å². The molecule has 0 atom stereocenters. The number of benzene rings is 1. The Morgan fingerprint density at radius 3 is 2.88 bits per heavy atom. The van der Waals surface area contributed by atoms with Crippen LogP contribution in [0.5, 0.6) is 0 Å². The van der Waals surface area contributed by atoms with Crippen molar-refractivity contribution < 1.29 is 4.39 Å². The van der Waals surface area contributed by atoms with Crippen LogP contribution in [-0.4, -0.2) is 15.0 Å². The van der Waals surface area contributed by atoms with Crippen molar-refractivity contribution in [3.63, 3.8) is 0 Å². The molecule has 1 aromatic heterocycles. The molecule has 1 heterocycles. The molecular weight excluding hydrogens is 219 g/mol. The van der Waals surface area contributed by atoms with Crippen molar-refractivity contribution in [2.24, 2.45) is 0 Å². The molecule has 0 saturated carbocycles. The van der Waals surface area contributed by atoms with Gasteiger partial charge in [-0.05, 0) is 25.0 Å². The fourth-order valence-corrected chi connectivity index (χ4v) is 1.77. The van der Waals surface area contributed by atoms with Crippen molar-refractivity contribution in [1.82, 2.24) is 15.0 Å². The molecule has 2 rings (SSSR count). The smallest absolute Gasteiger partial charge is 0.169 e. The molecule has 0 unspecified atom stereocenters. The Morgan fingerprint density at radius 1 is 1.41 bits per heavy atom. The van der Waals surface area contributed by atoms with Crippen LogP contribution in [0.25, 0.3) is 5.69 Å². The van der Waals surface area contributed by atoms with E-state index in [2.05, 4.69) is 10.3 Å². The normalized spacial score (nSPS) is 10.8. The van der Waals surface area contributed by atoms with Gasteiger partial charge in [-0.2, -0.15) is 0 Å². The fourth-order valence-electron chi connectivity index (χ4n) is 1.77. The first-order valence-corrected chi connectivity index (χ1v) is 5.60. The number of rotatable bonds is 3. The van der Waals surface area contributed by atoms with Gasteiger partial charge in [0.1, 0.15) is 5.69 Å². The average Bonchev–Trinajstić information content (AvgIpc) is 2.66. The third-order valence-corrected chi connectivity index (χ3v) is 2.68. The first-order valence-electron chi connectivity index (χ1n) is 5.60. The number of halogens is 1. The number of nitrogen functional groups attached to an aromatic ring is 1. The second-order valence-corrected chi connectivity index (χ2v) is 3.99. The average molecular weight is 234 g/mol. The Kier molecular flexibility index (Phi) is 3.08. The SMILES string of the molecule is CCCc1c(N)nnn1-c1cccc(C)c1F. The minimum absolute atomic E-state index is 0.283. The van der Waals surface area contributed by atoms with Crippen LogP contribution in [-0.2, 0) is 6.42 Å². The zero-order chi connectivity index (χ0) is 12.4. The Hall–Kier alpha value is -1.91. The highest BCUT2D eigenvalue weighted by atomic mass is 19.1. The summed E-state index contributed by atoms with van der Waals surface area (Å²) < 4.78 is 15.5. The van der Waals surface area contributed by atoms with Crippen molar-refractivity contribution in [2.75, 3.05) is 5.73 Å². The zero-order valence-electron chi connectivity index (χ0n) is 9.94. The van der Waals surface area contributed by atoms with E-state index >= 15 is 0 Å². The molecular formula is C12H15FN4. The van der Waals surface area contributed by atoms with Crippen molar-refractivity contribution in [3.8, 4) is 5.69 Å². The van der Waals surface area contributed by atoms with Gasteiger partial charge in [-0.15, -0.1) is 5.10 Å². The lowest BCUT2D eigenvalue weighted by molar-refractivity contribution is 0.593. The van der Waals surface area contributed by atoms with E-state index in [1.807, 2.05) is 6.92 Å². The molecule has 0 spiro atoms. The van der Waals surface area contributed by atoms with Gasteiger partial charge < -0.3 is 5.73 Å². The van der Waals surface area contributed by atoms with Crippen molar-refractivity contribution in [2.45, 2.75) is 26.7 Å². The van der Waals surface area contributed by atoms with Gasteiger partial charge in [0, 0.05) is 0 Å². The summed E-state index contributed by atoms with van der Waals surface area (Å²) in [5.41, 5.74) is 7.48. The molecule has 2 aromatic rings. The molecule has 0 saturated heterocycles. The van der Waals surface area contributed by atoms with E-state index in [1.54, 1.807) is 25.1 Å². The third kappa shape index (κ3) is 2.00. The number of aromatic nitrogens is 3. The molecule has 0 aliphatic rings. The van der Waals surface area contributed by atoms with Gasteiger partial charge in [-0.1, -0.05) is 30.7 Å². The summed E-state index contributed by atoms with van der Waals surface area (Å²) in [5.74, 6) is 0.0857. The molecule has 2 N–H and O–H groups in total. The number of nitrogens with two attached hydrogens (primary N) is 1. The minimum atomic E-state index is -0.283. The monoisotopic (exact) mass is 234 g/mol. The molecule has 4 nitrogen and oxygen atoms in total. The van der Waals surface area contributed by atoms with E-state index in [4.69, 9.17) is 5.73 Å². The first kappa shape index (κ1) is 11.6. The van der Waals surface area contributed by atoms with E-state index in [9.17, 15) is 4.39 Å². The van der Waals surface area contributed by atoms with Crippen LogP contribution in [0.15, 0.2) is 18.2 Å². The van der Waals surface area contributed by atoms with Gasteiger partial charge in [0.05, 0.1) is 5.69 Å². The molecule has 0 amide bonds. The zero-order valence-corrected chi connectivity index (χ0v) is 9.94. The lowest BCUT2D eigenvalue weighted by Gasteiger charge is -2.08. The summed E-state index contributed by atoms with van der Waals surface area (Å²) in [5, 5.41) is 7.71. The second kappa shape index (κ2) is 4.53. The highest BCUT2D eigenvalue weighted by Crippen LogP contribution is 2.20. The summed E-state index contributed by atoms with van der Waals surface area (Å²) in [6.07, 6.45) is 1.64. The van der Waals surface area contributed by atoms with Gasteiger partial charge in [0.15, 0.2) is 11.6 Å².